The Kier molecular flexibility index (Phi) is 6.02. The Balaban J connectivity index is 1.96. The van der Waals surface area contributed by atoms with Crippen LogP contribution >= 0.6 is 0 Å². The van der Waals surface area contributed by atoms with Gasteiger partial charge in [0.25, 0.3) is 5.91 Å². The van der Waals surface area contributed by atoms with Crippen LogP contribution in [-0.4, -0.2) is 31.4 Å². The Morgan fingerprint density at radius 1 is 1.26 bits per heavy atom. The first-order valence-electron chi connectivity index (χ1n) is 8.12. The summed E-state index contributed by atoms with van der Waals surface area (Å²) in [6.45, 7) is 3.54. The smallest absolute Gasteiger partial charge is 0.258 e. The third-order valence-corrected chi connectivity index (χ3v) is 4.38. The molecule has 1 aliphatic rings. The number of ether oxygens (including phenoxy) is 2. The number of nitrogens with one attached hydrogen (secondary N) is 1. The first-order chi connectivity index (χ1) is 11.0. The quantitative estimate of drug-likeness (QED) is 0.819. The van der Waals surface area contributed by atoms with Gasteiger partial charge in [0.2, 0.25) is 0 Å². The SMILES string of the molecule is COc1ccc(C(C)=O)c(OCC(=O)N[C@H]2CCCC[C@H]2C)c1. The summed E-state index contributed by atoms with van der Waals surface area (Å²) < 4.78 is 10.7. The number of methoxy groups -OCH3 is 1. The van der Waals surface area contributed by atoms with Crippen molar-refractivity contribution in [3.05, 3.63) is 23.8 Å². The van der Waals surface area contributed by atoms with Crippen LogP contribution in [0.25, 0.3) is 0 Å². The van der Waals surface area contributed by atoms with Crippen molar-refractivity contribution in [2.24, 2.45) is 5.92 Å². The molecule has 0 bridgehead atoms. The first kappa shape index (κ1) is 17.3. The minimum atomic E-state index is -0.152. The van der Waals surface area contributed by atoms with Gasteiger partial charge in [-0.2, -0.15) is 0 Å². The zero-order valence-electron chi connectivity index (χ0n) is 14.1. The predicted octanol–water partition coefficient (Wildman–Crippen LogP) is 2.97. The molecule has 1 aromatic rings. The molecule has 0 heterocycles. The van der Waals surface area contributed by atoms with Gasteiger partial charge >= 0.3 is 0 Å². The maximum absolute atomic E-state index is 12.1. The normalized spacial score (nSPS) is 20.7. The van der Waals surface area contributed by atoms with Crippen LogP contribution in [0.1, 0.15) is 49.9 Å². The molecule has 1 fully saturated rings. The van der Waals surface area contributed by atoms with Crippen molar-refractivity contribution in [1.29, 1.82) is 0 Å². The van der Waals surface area contributed by atoms with Gasteiger partial charge in [-0.05, 0) is 37.8 Å². The summed E-state index contributed by atoms with van der Waals surface area (Å²) >= 11 is 0. The van der Waals surface area contributed by atoms with Crippen LogP contribution in [0.2, 0.25) is 0 Å². The van der Waals surface area contributed by atoms with Crippen molar-refractivity contribution in [3.63, 3.8) is 0 Å². The molecule has 0 radical (unpaired) electrons. The molecule has 0 spiro atoms. The molecule has 2 atom stereocenters. The maximum Gasteiger partial charge on any atom is 0.258 e. The molecule has 0 saturated heterocycles. The van der Waals surface area contributed by atoms with Crippen LogP contribution in [0.5, 0.6) is 11.5 Å². The average molecular weight is 319 g/mol. The Bertz CT molecular complexity index is 570. The number of hydrogen-bond acceptors (Lipinski definition) is 4. The largest absolute Gasteiger partial charge is 0.497 e. The first-order valence-corrected chi connectivity index (χ1v) is 8.12. The summed E-state index contributed by atoms with van der Waals surface area (Å²) in [5.74, 6) is 1.21. The Morgan fingerprint density at radius 2 is 2.00 bits per heavy atom. The molecule has 126 valence electrons. The number of carbonyl (C=O) groups is 2. The fourth-order valence-corrected chi connectivity index (χ4v) is 2.96. The lowest BCUT2D eigenvalue weighted by atomic mass is 9.86. The molecule has 1 N–H and O–H groups in total. The monoisotopic (exact) mass is 319 g/mol. The minimum Gasteiger partial charge on any atom is -0.497 e. The van der Waals surface area contributed by atoms with Crippen LogP contribution < -0.4 is 14.8 Å². The van der Waals surface area contributed by atoms with Crippen LogP contribution in [0, 0.1) is 5.92 Å². The fourth-order valence-electron chi connectivity index (χ4n) is 2.96. The highest BCUT2D eigenvalue weighted by atomic mass is 16.5. The summed E-state index contributed by atoms with van der Waals surface area (Å²) in [6.07, 6.45) is 4.55. The maximum atomic E-state index is 12.1. The van der Waals surface area contributed by atoms with Crippen molar-refractivity contribution in [2.75, 3.05) is 13.7 Å². The number of hydrogen-bond donors (Lipinski definition) is 1. The van der Waals surface area contributed by atoms with Crippen LogP contribution in [-0.2, 0) is 4.79 Å². The van der Waals surface area contributed by atoms with Gasteiger partial charge in [-0.15, -0.1) is 0 Å². The van der Waals surface area contributed by atoms with Gasteiger partial charge in [-0.25, -0.2) is 0 Å². The van der Waals surface area contributed by atoms with E-state index in [2.05, 4.69) is 12.2 Å². The van der Waals surface area contributed by atoms with E-state index in [1.54, 1.807) is 25.3 Å². The van der Waals surface area contributed by atoms with Gasteiger partial charge in [0, 0.05) is 12.1 Å². The lowest BCUT2D eigenvalue weighted by Gasteiger charge is -2.29. The fraction of sp³-hybridized carbons (Fsp3) is 0.556. The number of benzene rings is 1. The van der Waals surface area contributed by atoms with Crippen molar-refractivity contribution in [1.82, 2.24) is 5.32 Å². The molecule has 0 aliphatic heterocycles. The lowest BCUT2D eigenvalue weighted by Crippen LogP contribution is -2.43. The summed E-state index contributed by atoms with van der Waals surface area (Å²) in [5, 5.41) is 3.04. The minimum absolute atomic E-state index is 0.101. The van der Waals surface area contributed by atoms with E-state index in [1.165, 1.54) is 13.3 Å². The molecule has 5 heteroatoms. The Labute approximate surface area is 137 Å². The molecule has 5 nitrogen and oxygen atoms in total. The van der Waals surface area contributed by atoms with E-state index >= 15 is 0 Å². The molecule has 1 saturated carbocycles. The molecule has 0 aromatic heterocycles. The van der Waals surface area contributed by atoms with E-state index in [-0.39, 0.29) is 24.3 Å². The van der Waals surface area contributed by atoms with Gasteiger partial charge in [-0.3, -0.25) is 9.59 Å². The van der Waals surface area contributed by atoms with Crippen LogP contribution in [0.3, 0.4) is 0 Å². The van der Waals surface area contributed by atoms with Crippen molar-refractivity contribution in [3.8, 4) is 11.5 Å². The second-order valence-corrected chi connectivity index (χ2v) is 6.14. The Morgan fingerprint density at radius 3 is 2.65 bits per heavy atom. The molecule has 2 rings (SSSR count). The zero-order valence-corrected chi connectivity index (χ0v) is 14.1. The molecule has 23 heavy (non-hydrogen) atoms. The molecule has 0 unspecified atom stereocenters. The molecular formula is C18H25NO4. The van der Waals surface area contributed by atoms with Gasteiger partial charge in [0.15, 0.2) is 12.4 Å². The van der Waals surface area contributed by atoms with Crippen molar-refractivity contribution < 1.29 is 19.1 Å². The average Bonchev–Trinajstić information content (AvgIpc) is 2.54. The number of carbonyl (C=O) groups excluding carboxylic acids is 2. The van der Waals surface area contributed by atoms with Gasteiger partial charge < -0.3 is 14.8 Å². The third kappa shape index (κ3) is 4.71. The highest BCUT2D eigenvalue weighted by Crippen LogP contribution is 2.26. The van der Waals surface area contributed by atoms with E-state index < -0.39 is 0 Å². The topological polar surface area (TPSA) is 64.6 Å². The summed E-state index contributed by atoms with van der Waals surface area (Å²) in [5.41, 5.74) is 0.449. The molecular weight excluding hydrogens is 294 g/mol. The number of Topliss-reactive ketones (excluding diaryl/α,β-unsaturated/α-hetero) is 1. The van der Waals surface area contributed by atoms with E-state index in [1.807, 2.05) is 0 Å². The van der Waals surface area contributed by atoms with Gasteiger partial charge in [0.05, 0.1) is 12.7 Å². The second-order valence-electron chi connectivity index (χ2n) is 6.14. The molecule has 1 aliphatic carbocycles. The molecule has 1 amide bonds. The van der Waals surface area contributed by atoms with Crippen LogP contribution in [0.4, 0.5) is 0 Å². The molecule has 1 aromatic carbocycles. The van der Waals surface area contributed by atoms with E-state index in [0.29, 0.717) is 23.0 Å². The number of rotatable bonds is 6. The zero-order chi connectivity index (χ0) is 16.8. The highest BCUT2D eigenvalue weighted by Gasteiger charge is 2.23. The van der Waals surface area contributed by atoms with E-state index in [4.69, 9.17) is 9.47 Å². The Hall–Kier alpha value is -2.04. The van der Waals surface area contributed by atoms with Crippen molar-refractivity contribution >= 4 is 11.7 Å². The second kappa shape index (κ2) is 7.99. The van der Waals surface area contributed by atoms with E-state index in [0.717, 1.165) is 19.3 Å². The predicted molar refractivity (Wildman–Crippen MR) is 88.1 cm³/mol. The van der Waals surface area contributed by atoms with E-state index in [9.17, 15) is 9.59 Å². The van der Waals surface area contributed by atoms with Gasteiger partial charge in [0.1, 0.15) is 11.5 Å². The summed E-state index contributed by atoms with van der Waals surface area (Å²) in [4.78, 5) is 23.8. The number of amides is 1. The van der Waals surface area contributed by atoms with Gasteiger partial charge in [-0.1, -0.05) is 19.8 Å². The summed E-state index contributed by atoms with van der Waals surface area (Å²) in [7, 11) is 1.55. The number of ketones is 1. The van der Waals surface area contributed by atoms with Crippen molar-refractivity contribution in [2.45, 2.75) is 45.6 Å². The highest BCUT2D eigenvalue weighted by molar-refractivity contribution is 5.97. The lowest BCUT2D eigenvalue weighted by molar-refractivity contribution is -0.124. The third-order valence-electron chi connectivity index (χ3n) is 4.38. The summed E-state index contributed by atoms with van der Waals surface area (Å²) in [6, 6.07) is 5.20. The standard InChI is InChI=1S/C18H25NO4/c1-12-6-4-5-7-16(12)19-18(21)11-23-17-10-14(22-3)8-9-15(17)13(2)20/h8-10,12,16H,4-7,11H2,1-3H3,(H,19,21)/t12-,16+/m1/s1. The van der Waals surface area contributed by atoms with Crippen LogP contribution in [0.15, 0.2) is 18.2 Å².